The fraction of sp³-hybridized carbons (Fsp3) is 1.00. The third kappa shape index (κ3) is 1.69. The fourth-order valence-electron chi connectivity index (χ4n) is 3.04. The van der Waals surface area contributed by atoms with E-state index in [1.165, 1.54) is 32.1 Å². The zero-order chi connectivity index (χ0) is 10.0. The maximum atomic E-state index is 6.38. The van der Waals surface area contributed by atoms with Gasteiger partial charge in [0, 0.05) is 17.4 Å². The van der Waals surface area contributed by atoms with E-state index in [2.05, 4.69) is 6.92 Å². The van der Waals surface area contributed by atoms with Crippen molar-refractivity contribution in [3.8, 4) is 0 Å². The lowest BCUT2D eigenvalue weighted by Crippen LogP contribution is -2.56. The van der Waals surface area contributed by atoms with E-state index in [9.17, 15) is 0 Å². The van der Waals surface area contributed by atoms with Gasteiger partial charge in [0.05, 0.1) is 6.10 Å². The van der Waals surface area contributed by atoms with E-state index < -0.39 is 0 Å². The monoisotopic (exact) mass is 216 g/mol. The zero-order valence-corrected chi connectivity index (χ0v) is 9.85. The standard InChI is InChI=1S/C12H21ClO/c1-2-8-14-11-9-10(13)12(11)6-4-3-5-7-12/h10-11H,2-9H2,1H3. The van der Waals surface area contributed by atoms with Crippen molar-refractivity contribution in [1.82, 2.24) is 0 Å². The van der Waals surface area contributed by atoms with Gasteiger partial charge in [-0.1, -0.05) is 26.2 Å². The normalized spacial score (nSPS) is 35.6. The summed E-state index contributed by atoms with van der Waals surface area (Å²) in [5.41, 5.74) is 0.370. The van der Waals surface area contributed by atoms with E-state index in [1.807, 2.05) is 0 Å². The summed E-state index contributed by atoms with van der Waals surface area (Å²) in [5.74, 6) is 0. The predicted octanol–water partition coefficient (Wildman–Crippen LogP) is 3.74. The molecule has 0 aromatic rings. The maximum Gasteiger partial charge on any atom is 0.0659 e. The molecule has 0 N–H and O–H groups in total. The molecule has 0 amide bonds. The Morgan fingerprint density at radius 3 is 2.57 bits per heavy atom. The van der Waals surface area contributed by atoms with Crippen molar-refractivity contribution in [3.05, 3.63) is 0 Å². The van der Waals surface area contributed by atoms with E-state index in [4.69, 9.17) is 16.3 Å². The topological polar surface area (TPSA) is 9.23 Å². The number of hydrogen-bond donors (Lipinski definition) is 0. The number of alkyl halides is 1. The number of rotatable bonds is 3. The van der Waals surface area contributed by atoms with E-state index in [-0.39, 0.29) is 0 Å². The molecular weight excluding hydrogens is 196 g/mol. The molecule has 0 aromatic heterocycles. The Morgan fingerprint density at radius 1 is 1.29 bits per heavy atom. The second kappa shape index (κ2) is 4.40. The summed E-state index contributed by atoms with van der Waals surface area (Å²) in [6.07, 6.45) is 9.40. The molecule has 1 spiro atoms. The highest BCUT2D eigenvalue weighted by Gasteiger charge is 2.54. The third-order valence-corrected chi connectivity index (χ3v) is 4.61. The quantitative estimate of drug-likeness (QED) is 0.653. The van der Waals surface area contributed by atoms with Gasteiger partial charge in [0.25, 0.3) is 0 Å². The van der Waals surface area contributed by atoms with Gasteiger partial charge >= 0.3 is 0 Å². The highest BCUT2D eigenvalue weighted by molar-refractivity contribution is 6.21. The van der Waals surface area contributed by atoms with Crippen LogP contribution in [0.3, 0.4) is 0 Å². The molecule has 1 nitrogen and oxygen atoms in total. The highest BCUT2D eigenvalue weighted by Crippen LogP contribution is 2.55. The van der Waals surface area contributed by atoms with E-state index in [0.717, 1.165) is 19.4 Å². The summed E-state index contributed by atoms with van der Waals surface area (Å²) in [6.45, 7) is 3.08. The highest BCUT2D eigenvalue weighted by atomic mass is 35.5. The summed E-state index contributed by atoms with van der Waals surface area (Å²) < 4.78 is 5.91. The summed E-state index contributed by atoms with van der Waals surface area (Å²) in [6, 6.07) is 0. The van der Waals surface area contributed by atoms with Gasteiger partial charge in [-0.25, -0.2) is 0 Å². The number of ether oxygens (including phenoxy) is 1. The minimum absolute atomic E-state index is 0.370. The SMILES string of the molecule is CCCOC1CC(Cl)C12CCCCC2. The second-order valence-corrected chi connectivity index (χ2v) is 5.38. The van der Waals surface area contributed by atoms with Crippen LogP contribution in [0, 0.1) is 5.41 Å². The molecule has 2 rings (SSSR count). The van der Waals surface area contributed by atoms with Gasteiger partial charge < -0.3 is 4.74 Å². The van der Waals surface area contributed by atoms with Crippen LogP contribution in [0.5, 0.6) is 0 Å². The van der Waals surface area contributed by atoms with Crippen LogP contribution >= 0.6 is 11.6 Å². The molecule has 2 aliphatic carbocycles. The molecule has 2 saturated carbocycles. The first-order chi connectivity index (χ1) is 6.79. The molecule has 82 valence electrons. The fourth-order valence-corrected chi connectivity index (χ4v) is 3.56. The minimum Gasteiger partial charge on any atom is -0.378 e. The van der Waals surface area contributed by atoms with Crippen molar-refractivity contribution < 1.29 is 4.74 Å². The van der Waals surface area contributed by atoms with Gasteiger partial charge in [-0.15, -0.1) is 11.6 Å². The van der Waals surface area contributed by atoms with Crippen molar-refractivity contribution in [3.63, 3.8) is 0 Å². The van der Waals surface area contributed by atoms with Crippen LogP contribution in [0.2, 0.25) is 0 Å². The molecule has 0 bridgehead atoms. The third-order valence-electron chi connectivity index (χ3n) is 3.99. The molecule has 2 aliphatic rings. The van der Waals surface area contributed by atoms with E-state index in [0.29, 0.717) is 16.9 Å². The molecule has 2 unspecified atom stereocenters. The summed E-state index contributed by atoms with van der Waals surface area (Å²) in [7, 11) is 0. The van der Waals surface area contributed by atoms with Gasteiger partial charge in [-0.3, -0.25) is 0 Å². The summed E-state index contributed by atoms with van der Waals surface area (Å²) >= 11 is 6.38. The van der Waals surface area contributed by atoms with Crippen molar-refractivity contribution in [2.75, 3.05) is 6.61 Å². The Kier molecular flexibility index (Phi) is 3.38. The second-order valence-electron chi connectivity index (χ2n) is 4.86. The van der Waals surface area contributed by atoms with Crippen LogP contribution in [0.25, 0.3) is 0 Å². The van der Waals surface area contributed by atoms with E-state index in [1.54, 1.807) is 0 Å². The number of hydrogen-bond acceptors (Lipinski definition) is 1. The molecule has 0 heterocycles. The molecular formula is C12H21ClO. The summed E-state index contributed by atoms with van der Waals surface area (Å²) in [5, 5.41) is 0.393. The first kappa shape index (κ1) is 10.8. The van der Waals surface area contributed by atoms with Crippen LogP contribution in [-0.2, 0) is 4.74 Å². The van der Waals surface area contributed by atoms with Crippen LogP contribution in [-0.4, -0.2) is 18.1 Å². The molecule has 0 aromatic carbocycles. The first-order valence-corrected chi connectivity index (χ1v) is 6.49. The van der Waals surface area contributed by atoms with Crippen molar-refractivity contribution in [1.29, 1.82) is 0 Å². The zero-order valence-electron chi connectivity index (χ0n) is 9.10. The van der Waals surface area contributed by atoms with Crippen LogP contribution in [0.4, 0.5) is 0 Å². The Morgan fingerprint density at radius 2 is 2.00 bits per heavy atom. The Labute approximate surface area is 92.2 Å². The van der Waals surface area contributed by atoms with Gasteiger partial charge in [0.15, 0.2) is 0 Å². The molecule has 2 atom stereocenters. The van der Waals surface area contributed by atoms with Crippen molar-refractivity contribution in [2.24, 2.45) is 5.41 Å². The Bertz CT molecular complexity index is 187. The Balaban J connectivity index is 1.92. The van der Waals surface area contributed by atoms with Crippen LogP contribution in [0.15, 0.2) is 0 Å². The Hall–Kier alpha value is 0.250. The summed E-state index contributed by atoms with van der Waals surface area (Å²) in [4.78, 5) is 0. The lowest BCUT2D eigenvalue weighted by Gasteiger charge is -2.55. The molecule has 2 fully saturated rings. The lowest BCUT2D eigenvalue weighted by atomic mass is 9.58. The lowest BCUT2D eigenvalue weighted by molar-refractivity contribution is -0.124. The molecule has 14 heavy (non-hydrogen) atoms. The average molecular weight is 217 g/mol. The first-order valence-electron chi connectivity index (χ1n) is 6.05. The molecule has 0 radical (unpaired) electrons. The molecule has 0 aliphatic heterocycles. The van der Waals surface area contributed by atoms with E-state index >= 15 is 0 Å². The predicted molar refractivity (Wildman–Crippen MR) is 59.8 cm³/mol. The average Bonchev–Trinajstić information content (AvgIpc) is 2.25. The van der Waals surface area contributed by atoms with Crippen LogP contribution in [0.1, 0.15) is 51.9 Å². The largest absolute Gasteiger partial charge is 0.378 e. The van der Waals surface area contributed by atoms with Gasteiger partial charge in [-0.2, -0.15) is 0 Å². The minimum atomic E-state index is 0.370. The number of halogens is 1. The smallest absolute Gasteiger partial charge is 0.0659 e. The van der Waals surface area contributed by atoms with Crippen molar-refractivity contribution in [2.45, 2.75) is 63.4 Å². The molecule has 0 saturated heterocycles. The van der Waals surface area contributed by atoms with Crippen molar-refractivity contribution >= 4 is 11.6 Å². The van der Waals surface area contributed by atoms with Gasteiger partial charge in [-0.05, 0) is 25.7 Å². The van der Waals surface area contributed by atoms with Gasteiger partial charge in [0.1, 0.15) is 0 Å². The maximum absolute atomic E-state index is 6.38. The van der Waals surface area contributed by atoms with Crippen LogP contribution < -0.4 is 0 Å². The van der Waals surface area contributed by atoms with Gasteiger partial charge in [0.2, 0.25) is 0 Å². The molecule has 2 heteroatoms.